The fourth-order valence-corrected chi connectivity index (χ4v) is 1.68. The number of hydrogen-bond acceptors (Lipinski definition) is 6. The fraction of sp³-hybridized carbons (Fsp3) is 0.417. The van der Waals surface area contributed by atoms with Gasteiger partial charge in [-0.25, -0.2) is 9.78 Å². The standard InChI is InChI=1S/C12H15ClN2O4/c1-3-19-10(16)5-4-9-8(14)6-7(11(13)15-9)12(17)18-2/h6H,3-5,14H2,1-2H3. The summed E-state index contributed by atoms with van der Waals surface area (Å²) in [5.74, 6) is -0.946. The van der Waals surface area contributed by atoms with Crippen LogP contribution in [0.3, 0.4) is 0 Å². The van der Waals surface area contributed by atoms with Crippen molar-refractivity contribution in [3.8, 4) is 0 Å². The maximum Gasteiger partial charge on any atom is 0.341 e. The first kappa shape index (κ1) is 15.2. The Balaban J connectivity index is 2.84. The summed E-state index contributed by atoms with van der Waals surface area (Å²) in [6.07, 6.45) is 0.449. The van der Waals surface area contributed by atoms with E-state index in [2.05, 4.69) is 9.72 Å². The summed E-state index contributed by atoms with van der Waals surface area (Å²) in [6, 6.07) is 1.39. The molecule has 19 heavy (non-hydrogen) atoms. The molecule has 1 heterocycles. The summed E-state index contributed by atoms with van der Waals surface area (Å²) in [6.45, 7) is 2.05. The van der Waals surface area contributed by atoms with Crippen molar-refractivity contribution in [1.82, 2.24) is 4.98 Å². The number of aryl methyl sites for hydroxylation is 1. The third kappa shape index (κ3) is 4.10. The zero-order chi connectivity index (χ0) is 14.4. The summed E-state index contributed by atoms with van der Waals surface area (Å²) < 4.78 is 9.35. The van der Waals surface area contributed by atoms with Crippen molar-refractivity contribution in [3.05, 3.63) is 22.5 Å². The molecule has 0 atom stereocenters. The van der Waals surface area contributed by atoms with Crippen LogP contribution < -0.4 is 5.73 Å². The highest BCUT2D eigenvalue weighted by molar-refractivity contribution is 6.32. The van der Waals surface area contributed by atoms with Gasteiger partial charge >= 0.3 is 11.9 Å². The Morgan fingerprint density at radius 1 is 1.47 bits per heavy atom. The maximum absolute atomic E-state index is 11.4. The first-order valence-corrected chi connectivity index (χ1v) is 6.06. The van der Waals surface area contributed by atoms with E-state index in [9.17, 15) is 9.59 Å². The second-order valence-electron chi connectivity index (χ2n) is 3.66. The lowest BCUT2D eigenvalue weighted by molar-refractivity contribution is -0.143. The lowest BCUT2D eigenvalue weighted by Gasteiger charge is -2.08. The number of hydrogen-bond donors (Lipinski definition) is 1. The Morgan fingerprint density at radius 3 is 2.74 bits per heavy atom. The van der Waals surface area contributed by atoms with Crippen LogP contribution in [0.4, 0.5) is 5.69 Å². The second-order valence-corrected chi connectivity index (χ2v) is 4.02. The molecule has 0 bridgehead atoms. The number of esters is 2. The van der Waals surface area contributed by atoms with Crippen LogP contribution in [-0.2, 0) is 20.7 Å². The molecule has 0 spiro atoms. The van der Waals surface area contributed by atoms with Gasteiger partial charge in [0.2, 0.25) is 0 Å². The number of nitrogens with zero attached hydrogens (tertiary/aromatic N) is 1. The Hall–Kier alpha value is -1.82. The second kappa shape index (κ2) is 6.94. The minimum absolute atomic E-state index is 0.0000844. The van der Waals surface area contributed by atoms with Crippen LogP contribution in [0, 0.1) is 0 Å². The molecule has 0 aromatic carbocycles. The van der Waals surface area contributed by atoms with Crippen LogP contribution in [0.2, 0.25) is 5.15 Å². The molecular weight excluding hydrogens is 272 g/mol. The van der Waals surface area contributed by atoms with Crippen molar-refractivity contribution < 1.29 is 19.1 Å². The molecule has 0 aliphatic rings. The van der Waals surface area contributed by atoms with Crippen molar-refractivity contribution in [2.75, 3.05) is 19.5 Å². The van der Waals surface area contributed by atoms with E-state index in [1.807, 2.05) is 0 Å². The molecule has 1 aromatic rings. The van der Waals surface area contributed by atoms with E-state index >= 15 is 0 Å². The maximum atomic E-state index is 11.4. The summed E-state index contributed by atoms with van der Waals surface area (Å²) in [4.78, 5) is 26.6. The molecule has 0 unspecified atom stereocenters. The van der Waals surface area contributed by atoms with E-state index in [1.54, 1.807) is 6.92 Å². The summed E-state index contributed by atoms with van der Waals surface area (Å²) >= 11 is 5.87. The molecule has 0 fully saturated rings. The average molecular weight is 287 g/mol. The van der Waals surface area contributed by atoms with E-state index in [4.69, 9.17) is 22.1 Å². The summed E-state index contributed by atoms with van der Waals surface area (Å²) in [7, 11) is 1.24. The topological polar surface area (TPSA) is 91.5 Å². The number of ether oxygens (including phenoxy) is 2. The summed E-state index contributed by atoms with van der Waals surface area (Å²) in [5, 5.41) is -0.0000844. The van der Waals surface area contributed by atoms with E-state index in [1.165, 1.54) is 13.2 Å². The van der Waals surface area contributed by atoms with Crippen LogP contribution in [-0.4, -0.2) is 30.6 Å². The number of halogens is 1. The number of carbonyl (C=O) groups excluding carboxylic acids is 2. The smallest absolute Gasteiger partial charge is 0.341 e. The van der Waals surface area contributed by atoms with Crippen LogP contribution >= 0.6 is 11.6 Å². The van der Waals surface area contributed by atoms with Gasteiger partial charge in [-0.3, -0.25) is 4.79 Å². The quantitative estimate of drug-likeness (QED) is 0.653. The number of methoxy groups -OCH3 is 1. The zero-order valence-electron chi connectivity index (χ0n) is 10.7. The first-order chi connectivity index (χ1) is 8.99. The molecule has 0 saturated carbocycles. The number of carbonyl (C=O) groups is 2. The van der Waals surface area contributed by atoms with E-state index in [0.29, 0.717) is 18.7 Å². The molecule has 7 heteroatoms. The Bertz CT molecular complexity index is 491. The normalized spacial score (nSPS) is 10.1. The van der Waals surface area contributed by atoms with Crippen molar-refractivity contribution in [2.24, 2.45) is 0 Å². The van der Waals surface area contributed by atoms with Crippen molar-refractivity contribution >= 4 is 29.2 Å². The Morgan fingerprint density at radius 2 is 2.16 bits per heavy atom. The van der Waals surface area contributed by atoms with Gasteiger partial charge in [-0.2, -0.15) is 0 Å². The van der Waals surface area contributed by atoms with Gasteiger partial charge in [-0.05, 0) is 13.0 Å². The van der Waals surface area contributed by atoms with Crippen LogP contribution in [0.15, 0.2) is 6.07 Å². The lowest BCUT2D eigenvalue weighted by atomic mass is 10.1. The first-order valence-electron chi connectivity index (χ1n) is 5.68. The molecule has 0 saturated heterocycles. The third-order valence-electron chi connectivity index (χ3n) is 2.36. The van der Waals surface area contributed by atoms with E-state index in [0.717, 1.165) is 0 Å². The monoisotopic (exact) mass is 286 g/mol. The molecule has 1 rings (SSSR count). The highest BCUT2D eigenvalue weighted by Crippen LogP contribution is 2.21. The molecule has 0 aliphatic heterocycles. The molecule has 2 N–H and O–H groups in total. The molecule has 104 valence electrons. The highest BCUT2D eigenvalue weighted by Gasteiger charge is 2.16. The minimum Gasteiger partial charge on any atom is -0.466 e. The van der Waals surface area contributed by atoms with Gasteiger partial charge in [0.05, 0.1) is 37.1 Å². The number of nitrogens with two attached hydrogens (primary N) is 1. The SMILES string of the molecule is CCOC(=O)CCc1nc(Cl)c(C(=O)OC)cc1N. The molecule has 0 radical (unpaired) electrons. The van der Waals surface area contributed by atoms with Crippen molar-refractivity contribution in [1.29, 1.82) is 0 Å². The van der Waals surface area contributed by atoms with Crippen LogP contribution in [0.5, 0.6) is 0 Å². The summed E-state index contributed by atoms with van der Waals surface area (Å²) in [5.41, 5.74) is 6.60. The molecular formula is C12H15ClN2O4. The van der Waals surface area contributed by atoms with Crippen molar-refractivity contribution in [2.45, 2.75) is 19.8 Å². The lowest BCUT2D eigenvalue weighted by Crippen LogP contribution is -2.10. The number of pyridine rings is 1. The fourth-order valence-electron chi connectivity index (χ4n) is 1.45. The van der Waals surface area contributed by atoms with Crippen molar-refractivity contribution in [3.63, 3.8) is 0 Å². The average Bonchev–Trinajstić information content (AvgIpc) is 2.38. The number of rotatable bonds is 5. The highest BCUT2D eigenvalue weighted by atomic mass is 35.5. The Labute approximate surface area is 115 Å². The number of nitrogen functional groups attached to an aromatic ring is 1. The van der Waals surface area contributed by atoms with Gasteiger partial charge in [0.25, 0.3) is 0 Å². The third-order valence-corrected chi connectivity index (χ3v) is 2.65. The van der Waals surface area contributed by atoms with Crippen LogP contribution in [0.1, 0.15) is 29.4 Å². The predicted octanol–water partition coefficient (Wildman–Crippen LogP) is 1.60. The van der Waals surface area contributed by atoms with Gasteiger partial charge in [0, 0.05) is 6.42 Å². The zero-order valence-corrected chi connectivity index (χ0v) is 11.5. The minimum atomic E-state index is -0.610. The largest absolute Gasteiger partial charge is 0.466 e. The molecule has 0 aliphatic carbocycles. The van der Waals surface area contributed by atoms with E-state index < -0.39 is 5.97 Å². The van der Waals surface area contributed by atoms with Crippen LogP contribution in [0.25, 0.3) is 0 Å². The molecule has 6 nitrogen and oxygen atoms in total. The van der Waals surface area contributed by atoms with Gasteiger partial charge < -0.3 is 15.2 Å². The van der Waals surface area contributed by atoms with Gasteiger partial charge in [-0.15, -0.1) is 0 Å². The molecule has 0 amide bonds. The van der Waals surface area contributed by atoms with Gasteiger partial charge in [-0.1, -0.05) is 11.6 Å². The van der Waals surface area contributed by atoms with Gasteiger partial charge in [0.1, 0.15) is 5.15 Å². The van der Waals surface area contributed by atoms with E-state index in [-0.39, 0.29) is 28.8 Å². The Kier molecular flexibility index (Phi) is 5.57. The molecule has 1 aromatic heterocycles. The number of aromatic nitrogens is 1. The van der Waals surface area contributed by atoms with Gasteiger partial charge in [0.15, 0.2) is 0 Å². The number of anilines is 1. The predicted molar refractivity (Wildman–Crippen MR) is 70.0 cm³/mol.